The number of halogens is 2. The van der Waals surface area contributed by atoms with Gasteiger partial charge in [-0.15, -0.1) is 0 Å². The third-order valence-corrected chi connectivity index (χ3v) is 6.10. The lowest BCUT2D eigenvalue weighted by molar-refractivity contribution is 0.1000. The zero-order valence-corrected chi connectivity index (χ0v) is 18.8. The molecule has 4 N–H and O–H groups in total. The highest BCUT2D eigenvalue weighted by Crippen LogP contribution is 2.49. The molecule has 0 saturated carbocycles. The van der Waals surface area contributed by atoms with Crippen molar-refractivity contribution >= 4 is 17.5 Å². The zero-order valence-electron chi connectivity index (χ0n) is 18.1. The minimum Gasteiger partial charge on any atom is -0.488 e. The number of nitrogens with two attached hydrogens (primary N) is 2. The van der Waals surface area contributed by atoms with Crippen LogP contribution in [0.25, 0.3) is 11.1 Å². The van der Waals surface area contributed by atoms with Crippen LogP contribution >= 0.6 is 11.6 Å². The van der Waals surface area contributed by atoms with Crippen molar-refractivity contribution in [3.63, 3.8) is 0 Å². The summed E-state index contributed by atoms with van der Waals surface area (Å²) in [6, 6.07) is 15.7. The molecule has 3 aromatic rings. The molecule has 0 unspecified atom stereocenters. The third-order valence-electron chi connectivity index (χ3n) is 5.78. The number of hydrogen-bond acceptors (Lipinski definition) is 5. The normalized spacial score (nSPS) is 16.8. The molecule has 0 aromatic heterocycles. The first-order valence-electron chi connectivity index (χ1n) is 10.4. The van der Waals surface area contributed by atoms with Crippen LogP contribution in [-0.2, 0) is 16.8 Å². The van der Waals surface area contributed by atoms with Gasteiger partial charge in [-0.25, -0.2) is 4.39 Å². The van der Waals surface area contributed by atoms with Crippen LogP contribution in [0.2, 0.25) is 5.02 Å². The second kappa shape index (κ2) is 9.39. The molecule has 1 aliphatic rings. The van der Waals surface area contributed by atoms with Gasteiger partial charge in [-0.2, -0.15) is 0 Å². The summed E-state index contributed by atoms with van der Waals surface area (Å²) in [6.45, 7) is 0.600. The molecule has 0 fully saturated rings. The number of rotatable bonds is 8. The molecule has 1 amide bonds. The highest BCUT2D eigenvalue weighted by Gasteiger charge is 2.42. The van der Waals surface area contributed by atoms with Crippen LogP contribution in [0.3, 0.4) is 0 Å². The summed E-state index contributed by atoms with van der Waals surface area (Å²) in [6.07, 6.45) is 0.338. The van der Waals surface area contributed by atoms with Gasteiger partial charge in [-0.05, 0) is 29.8 Å². The average molecular weight is 471 g/mol. The molecule has 8 heteroatoms. The first-order valence-corrected chi connectivity index (χ1v) is 10.8. The average Bonchev–Trinajstić information content (AvgIpc) is 3.21. The van der Waals surface area contributed by atoms with Gasteiger partial charge >= 0.3 is 0 Å². The number of hydrogen-bond donors (Lipinski definition) is 2. The van der Waals surface area contributed by atoms with Gasteiger partial charge in [-0.1, -0.05) is 41.9 Å². The van der Waals surface area contributed by atoms with Gasteiger partial charge < -0.3 is 25.7 Å². The fourth-order valence-corrected chi connectivity index (χ4v) is 4.43. The summed E-state index contributed by atoms with van der Waals surface area (Å²) in [5.41, 5.74) is 12.8. The molecule has 172 valence electrons. The van der Waals surface area contributed by atoms with Crippen molar-refractivity contribution < 1.29 is 23.4 Å². The molecular formula is C25H24ClFN2O4. The number of amides is 1. The van der Waals surface area contributed by atoms with Crippen molar-refractivity contribution in [1.29, 1.82) is 0 Å². The summed E-state index contributed by atoms with van der Waals surface area (Å²) in [7, 11) is 1.52. The lowest BCUT2D eigenvalue weighted by Gasteiger charge is -2.27. The largest absolute Gasteiger partial charge is 0.488 e. The lowest BCUT2D eigenvalue weighted by Crippen LogP contribution is -2.39. The zero-order chi connectivity index (χ0) is 23.6. The van der Waals surface area contributed by atoms with Crippen LogP contribution in [0.1, 0.15) is 21.5 Å². The van der Waals surface area contributed by atoms with Crippen LogP contribution < -0.4 is 20.9 Å². The number of carbonyl (C=O) groups excluding carboxylic acids is 1. The second-order valence-corrected chi connectivity index (χ2v) is 8.16. The van der Waals surface area contributed by atoms with E-state index in [9.17, 15) is 4.79 Å². The number of carbonyl (C=O) groups is 1. The van der Waals surface area contributed by atoms with Crippen molar-refractivity contribution in [2.75, 3.05) is 26.9 Å². The molecule has 1 aliphatic heterocycles. The summed E-state index contributed by atoms with van der Waals surface area (Å²) >= 11 is 6.59. The molecule has 0 aliphatic carbocycles. The minimum absolute atomic E-state index is 0.00755. The Labute approximate surface area is 196 Å². The van der Waals surface area contributed by atoms with E-state index in [0.29, 0.717) is 23.3 Å². The molecule has 0 radical (unpaired) electrons. The van der Waals surface area contributed by atoms with Gasteiger partial charge in [-0.3, -0.25) is 4.79 Å². The SMILES string of the molecule is COCCOc1ccc(C(N)=O)c(-c2c(Cl)ccc3c2C[C@](CN)(c2ccccc2)O3)c1F. The highest BCUT2D eigenvalue weighted by atomic mass is 35.5. The smallest absolute Gasteiger partial charge is 0.249 e. The van der Waals surface area contributed by atoms with Gasteiger partial charge in [0.15, 0.2) is 17.2 Å². The van der Waals surface area contributed by atoms with Gasteiger partial charge in [0.2, 0.25) is 5.91 Å². The number of ether oxygens (including phenoxy) is 3. The molecule has 1 atom stereocenters. The van der Waals surface area contributed by atoms with Gasteiger partial charge in [0.1, 0.15) is 12.4 Å². The minimum atomic E-state index is -0.848. The van der Waals surface area contributed by atoms with E-state index in [-0.39, 0.29) is 41.7 Å². The molecule has 4 rings (SSSR count). The molecular weight excluding hydrogens is 447 g/mol. The summed E-state index contributed by atoms with van der Waals surface area (Å²) in [5, 5.41) is 0.258. The maximum atomic E-state index is 15.8. The fourth-order valence-electron chi connectivity index (χ4n) is 4.16. The Morgan fingerprint density at radius 2 is 1.88 bits per heavy atom. The fraction of sp³-hybridized carbons (Fsp3) is 0.240. The van der Waals surface area contributed by atoms with Gasteiger partial charge in [0.25, 0.3) is 0 Å². The van der Waals surface area contributed by atoms with Crippen molar-refractivity contribution in [3.8, 4) is 22.6 Å². The summed E-state index contributed by atoms with van der Waals surface area (Å²) in [4.78, 5) is 12.2. The van der Waals surface area contributed by atoms with Crippen molar-refractivity contribution in [1.82, 2.24) is 0 Å². The Morgan fingerprint density at radius 3 is 2.55 bits per heavy atom. The molecule has 3 aromatic carbocycles. The monoisotopic (exact) mass is 470 g/mol. The molecule has 0 bridgehead atoms. The van der Waals surface area contributed by atoms with Crippen LogP contribution in [0.4, 0.5) is 4.39 Å². The Hall–Kier alpha value is -3.13. The van der Waals surface area contributed by atoms with E-state index in [4.69, 9.17) is 37.3 Å². The number of methoxy groups -OCH3 is 1. The van der Waals surface area contributed by atoms with E-state index in [1.807, 2.05) is 30.3 Å². The van der Waals surface area contributed by atoms with E-state index in [0.717, 1.165) is 5.56 Å². The summed E-state index contributed by atoms with van der Waals surface area (Å²) in [5.74, 6) is -1.03. The van der Waals surface area contributed by atoms with Crippen LogP contribution in [-0.4, -0.2) is 32.8 Å². The van der Waals surface area contributed by atoms with Crippen molar-refractivity contribution in [3.05, 3.63) is 82.1 Å². The van der Waals surface area contributed by atoms with Crippen LogP contribution in [0.5, 0.6) is 11.5 Å². The maximum absolute atomic E-state index is 15.8. The molecule has 1 heterocycles. The van der Waals surface area contributed by atoms with Gasteiger partial charge in [0, 0.05) is 41.8 Å². The first-order chi connectivity index (χ1) is 15.9. The Bertz CT molecular complexity index is 1190. The maximum Gasteiger partial charge on any atom is 0.249 e. The van der Waals surface area contributed by atoms with E-state index >= 15 is 4.39 Å². The first kappa shape index (κ1) is 23.0. The van der Waals surface area contributed by atoms with Crippen molar-refractivity contribution in [2.45, 2.75) is 12.0 Å². The molecule has 33 heavy (non-hydrogen) atoms. The Kier molecular flexibility index (Phi) is 6.56. The summed E-state index contributed by atoms with van der Waals surface area (Å²) < 4.78 is 32.6. The Balaban J connectivity index is 1.89. The number of benzene rings is 3. The van der Waals surface area contributed by atoms with Crippen LogP contribution in [0.15, 0.2) is 54.6 Å². The molecule has 0 spiro atoms. The van der Waals surface area contributed by atoms with E-state index in [1.54, 1.807) is 12.1 Å². The third kappa shape index (κ3) is 4.15. The molecule has 6 nitrogen and oxygen atoms in total. The Morgan fingerprint density at radius 1 is 1.12 bits per heavy atom. The van der Waals surface area contributed by atoms with Crippen LogP contribution in [0, 0.1) is 5.82 Å². The molecule has 0 saturated heterocycles. The number of primary amides is 1. The predicted molar refractivity (Wildman–Crippen MR) is 124 cm³/mol. The second-order valence-electron chi connectivity index (χ2n) is 7.75. The van der Waals surface area contributed by atoms with Crippen molar-refractivity contribution in [2.24, 2.45) is 11.5 Å². The van der Waals surface area contributed by atoms with E-state index in [2.05, 4.69) is 0 Å². The predicted octanol–water partition coefficient (Wildman–Crippen LogP) is 4.06. The van der Waals surface area contributed by atoms with Gasteiger partial charge in [0.05, 0.1) is 12.2 Å². The van der Waals surface area contributed by atoms with E-state index in [1.165, 1.54) is 19.2 Å². The standard InChI is InChI=1S/C25H24ClFN2O4/c1-31-11-12-32-20-9-7-16(24(29)30)22(23(20)27)21-17-13-25(14-28,15-5-3-2-4-6-15)33-19(17)10-8-18(21)26/h2-10H,11-14,28H2,1H3,(H2,29,30)/t25-/m0/s1. The number of fused-ring (bicyclic) bond motifs is 1. The topological polar surface area (TPSA) is 96.8 Å². The van der Waals surface area contributed by atoms with E-state index < -0.39 is 17.3 Å². The highest BCUT2D eigenvalue weighted by molar-refractivity contribution is 6.34. The quantitative estimate of drug-likeness (QED) is 0.484. The lowest BCUT2D eigenvalue weighted by atomic mass is 9.85.